The van der Waals surface area contributed by atoms with E-state index >= 15 is 0 Å². The standard InChI is InChI=1S/C27H27BrClNO3S/c1-3-34-13-12-33-27(32)24-16(2)30-22-14-18(17-8-10-19(29)11-9-17)15-23(31)26(22)25(24)20-6-4-5-7-21(20)28/h4-11,18,24-25H,3,12-15H2,1-2H3/t18-,24?,25+/m1/s1. The lowest BCUT2D eigenvalue weighted by Crippen LogP contribution is -2.38. The van der Waals surface area contributed by atoms with Gasteiger partial charge in [0.15, 0.2) is 5.78 Å². The molecule has 0 saturated heterocycles. The van der Waals surface area contributed by atoms with Gasteiger partial charge in [0.2, 0.25) is 0 Å². The van der Waals surface area contributed by atoms with Gasteiger partial charge in [-0.2, -0.15) is 11.8 Å². The van der Waals surface area contributed by atoms with Crippen LogP contribution in [-0.2, 0) is 14.3 Å². The van der Waals surface area contributed by atoms with Gasteiger partial charge >= 0.3 is 5.97 Å². The zero-order valence-electron chi connectivity index (χ0n) is 19.2. The summed E-state index contributed by atoms with van der Waals surface area (Å²) in [6.45, 7) is 4.30. The number of hydrogen-bond donors (Lipinski definition) is 0. The van der Waals surface area contributed by atoms with Gasteiger partial charge in [-0.25, -0.2) is 0 Å². The highest BCUT2D eigenvalue weighted by Crippen LogP contribution is 2.48. The molecule has 7 heteroatoms. The van der Waals surface area contributed by atoms with Crippen LogP contribution in [0.3, 0.4) is 0 Å². The first kappa shape index (κ1) is 25.2. The van der Waals surface area contributed by atoms with E-state index < -0.39 is 11.8 Å². The second kappa shape index (κ2) is 11.2. The molecule has 0 amide bonds. The molecule has 2 aromatic rings. The van der Waals surface area contributed by atoms with E-state index in [0.29, 0.717) is 35.8 Å². The van der Waals surface area contributed by atoms with Crippen molar-refractivity contribution >= 4 is 56.8 Å². The number of rotatable bonds is 7. The van der Waals surface area contributed by atoms with Crippen LogP contribution < -0.4 is 0 Å². The van der Waals surface area contributed by atoms with Crippen LogP contribution in [0.1, 0.15) is 49.7 Å². The molecule has 0 aromatic heterocycles. The molecule has 0 saturated carbocycles. The number of hydrogen-bond acceptors (Lipinski definition) is 5. The fourth-order valence-corrected chi connectivity index (χ4v) is 5.98. The summed E-state index contributed by atoms with van der Waals surface area (Å²) in [5, 5.41) is 0.671. The average Bonchev–Trinajstić information content (AvgIpc) is 2.81. The van der Waals surface area contributed by atoms with Gasteiger partial charge in [-0.3, -0.25) is 14.6 Å². The van der Waals surface area contributed by atoms with Crippen LogP contribution in [0.15, 0.2) is 69.3 Å². The zero-order valence-corrected chi connectivity index (χ0v) is 22.4. The molecular weight excluding hydrogens is 534 g/mol. The number of nitrogens with zero attached hydrogens (tertiary/aromatic N) is 1. The minimum absolute atomic E-state index is 0.0366. The average molecular weight is 561 g/mol. The summed E-state index contributed by atoms with van der Waals surface area (Å²) < 4.78 is 6.53. The number of Topliss-reactive ketones (excluding diaryl/α,β-unsaturated/α-hetero) is 1. The Morgan fingerprint density at radius 3 is 2.62 bits per heavy atom. The molecule has 2 aliphatic rings. The number of thioether (sulfide) groups is 1. The third kappa shape index (κ3) is 5.34. The monoisotopic (exact) mass is 559 g/mol. The number of carbonyl (C=O) groups is 2. The molecule has 1 aliphatic heterocycles. The molecule has 1 heterocycles. The number of aliphatic imine (C=N–C) groups is 1. The van der Waals surface area contributed by atoms with Crippen LogP contribution in [0.25, 0.3) is 0 Å². The summed E-state index contributed by atoms with van der Waals surface area (Å²) in [5.74, 6) is 0.430. The fraction of sp³-hybridized carbons (Fsp3) is 0.370. The molecular formula is C27H27BrClNO3S. The number of carbonyl (C=O) groups excluding carboxylic acids is 2. The van der Waals surface area contributed by atoms with Crippen LogP contribution >= 0.6 is 39.3 Å². The number of esters is 1. The zero-order chi connectivity index (χ0) is 24.2. The van der Waals surface area contributed by atoms with Gasteiger partial charge in [0, 0.05) is 44.6 Å². The molecule has 0 N–H and O–H groups in total. The Labute approximate surface area is 218 Å². The lowest BCUT2D eigenvalue weighted by atomic mass is 9.69. The Morgan fingerprint density at radius 1 is 1.18 bits per heavy atom. The highest BCUT2D eigenvalue weighted by Gasteiger charge is 2.45. The van der Waals surface area contributed by atoms with Gasteiger partial charge in [-0.1, -0.05) is 64.8 Å². The third-order valence-corrected chi connectivity index (χ3v) is 8.24. The Balaban J connectivity index is 1.72. The number of benzene rings is 2. The van der Waals surface area contributed by atoms with Crippen LogP contribution in [-0.4, -0.2) is 35.6 Å². The van der Waals surface area contributed by atoms with Crippen molar-refractivity contribution in [2.45, 2.75) is 38.5 Å². The summed E-state index contributed by atoms with van der Waals surface area (Å²) in [7, 11) is 0. The fourth-order valence-electron chi connectivity index (χ4n) is 4.83. The summed E-state index contributed by atoms with van der Waals surface area (Å²) in [4.78, 5) is 31.7. The maximum atomic E-state index is 13.6. The van der Waals surface area contributed by atoms with Gasteiger partial charge < -0.3 is 4.74 Å². The van der Waals surface area contributed by atoms with Crippen molar-refractivity contribution in [3.63, 3.8) is 0 Å². The Bertz CT molecular complexity index is 1140. The van der Waals surface area contributed by atoms with E-state index in [1.807, 2.05) is 55.5 Å². The Morgan fingerprint density at radius 2 is 1.91 bits per heavy atom. The topological polar surface area (TPSA) is 55.7 Å². The summed E-state index contributed by atoms with van der Waals surface area (Å²) in [5.41, 5.74) is 4.10. The molecule has 4 rings (SSSR count). The molecule has 178 valence electrons. The van der Waals surface area contributed by atoms with E-state index in [4.69, 9.17) is 21.3 Å². The summed E-state index contributed by atoms with van der Waals surface area (Å²) in [6.07, 6.45) is 1.03. The molecule has 1 unspecified atom stereocenters. The maximum Gasteiger partial charge on any atom is 0.315 e. The van der Waals surface area contributed by atoms with Gasteiger partial charge in [-0.05, 0) is 54.3 Å². The molecule has 4 nitrogen and oxygen atoms in total. The van der Waals surface area contributed by atoms with E-state index in [2.05, 4.69) is 22.9 Å². The Kier molecular flexibility index (Phi) is 8.33. The van der Waals surface area contributed by atoms with Crippen molar-refractivity contribution < 1.29 is 14.3 Å². The molecule has 0 spiro atoms. The molecule has 0 fully saturated rings. The quantitative estimate of drug-likeness (QED) is 0.271. The lowest BCUT2D eigenvalue weighted by Gasteiger charge is -2.37. The third-order valence-electron chi connectivity index (χ3n) is 6.40. The van der Waals surface area contributed by atoms with Gasteiger partial charge in [0.05, 0.1) is 0 Å². The smallest absolute Gasteiger partial charge is 0.315 e. The molecule has 34 heavy (non-hydrogen) atoms. The van der Waals surface area contributed by atoms with E-state index in [1.165, 1.54) is 0 Å². The van der Waals surface area contributed by atoms with Crippen LogP contribution in [0.2, 0.25) is 5.02 Å². The van der Waals surface area contributed by atoms with Crippen molar-refractivity contribution in [2.75, 3.05) is 18.1 Å². The summed E-state index contributed by atoms with van der Waals surface area (Å²) >= 11 is 11.4. The largest absolute Gasteiger partial charge is 0.464 e. The first-order valence-corrected chi connectivity index (χ1v) is 13.8. The Hall–Kier alpha value is -1.89. The maximum absolute atomic E-state index is 13.6. The minimum Gasteiger partial charge on any atom is -0.464 e. The number of allylic oxidation sites excluding steroid dienone is 2. The van der Waals surface area contributed by atoms with Crippen LogP contribution in [0, 0.1) is 5.92 Å². The second-order valence-electron chi connectivity index (χ2n) is 8.53. The van der Waals surface area contributed by atoms with E-state index in [0.717, 1.165) is 32.8 Å². The normalized spacial score (nSPS) is 22.3. The van der Waals surface area contributed by atoms with Crippen LogP contribution in [0.4, 0.5) is 0 Å². The van der Waals surface area contributed by atoms with E-state index in [1.54, 1.807) is 11.8 Å². The van der Waals surface area contributed by atoms with Crippen molar-refractivity contribution in [1.82, 2.24) is 0 Å². The van der Waals surface area contributed by atoms with Crippen molar-refractivity contribution in [3.05, 3.63) is 80.4 Å². The van der Waals surface area contributed by atoms with E-state index in [-0.39, 0.29) is 17.7 Å². The predicted molar refractivity (Wildman–Crippen MR) is 143 cm³/mol. The van der Waals surface area contributed by atoms with Gasteiger partial charge in [-0.15, -0.1) is 0 Å². The minimum atomic E-state index is -0.625. The number of ketones is 1. The molecule has 0 bridgehead atoms. The van der Waals surface area contributed by atoms with Gasteiger partial charge in [0.1, 0.15) is 12.5 Å². The van der Waals surface area contributed by atoms with Gasteiger partial charge in [0.25, 0.3) is 0 Å². The predicted octanol–water partition coefficient (Wildman–Crippen LogP) is 6.97. The van der Waals surface area contributed by atoms with Crippen molar-refractivity contribution in [3.8, 4) is 0 Å². The molecule has 0 radical (unpaired) electrons. The lowest BCUT2D eigenvalue weighted by molar-refractivity contribution is -0.145. The second-order valence-corrected chi connectivity index (χ2v) is 11.2. The molecule has 3 atom stereocenters. The molecule has 1 aliphatic carbocycles. The highest BCUT2D eigenvalue weighted by atomic mass is 79.9. The number of halogens is 2. The first-order valence-electron chi connectivity index (χ1n) is 11.5. The molecule has 2 aromatic carbocycles. The van der Waals surface area contributed by atoms with Crippen LogP contribution in [0.5, 0.6) is 0 Å². The number of ether oxygens (including phenoxy) is 1. The summed E-state index contributed by atoms with van der Waals surface area (Å²) in [6, 6.07) is 15.5. The van der Waals surface area contributed by atoms with Crippen molar-refractivity contribution in [2.24, 2.45) is 10.9 Å². The van der Waals surface area contributed by atoms with E-state index in [9.17, 15) is 9.59 Å². The SMILES string of the molecule is CCSCCOC(=O)C1C(C)=NC2=C(C(=O)C[C@H](c3ccc(Cl)cc3)C2)[C@H]1c1ccccc1Br. The first-order chi connectivity index (χ1) is 16.4. The van der Waals surface area contributed by atoms with Crippen molar-refractivity contribution in [1.29, 1.82) is 0 Å². The highest BCUT2D eigenvalue weighted by molar-refractivity contribution is 9.10.